The van der Waals surface area contributed by atoms with Gasteiger partial charge in [-0.2, -0.15) is 0 Å². The van der Waals surface area contributed by atoms with E-state index in [1.165, 1.54) is 6.42 Å². The minimum atomic E-state index is -0.136. The summed E-state index contributed by atoms with van der Waals surface area (Å²) in [6.45, 7) is 4.79. The number of fused-ring (bicyclic) bond motifs is 1. The van der Waals surface area contributed by atoms with Crippen molar-refractivity contribution in [2.75, 3.05) is 0 Å². The molecule has 2 N–H and O–H groups in total. The Morgan fingerprint density at radius 2 is 1.77 bits per heavy atom. The first-order valence-electron chi connectivity index (χ1n) is 11.2. The van der Waals surface area contributed by atoms with Crippen LogP contribution in [0.3, 0.4) is 0 Å². The number of hydrogen-bond acceptors (Lipinski definition) is 2. The Bertz CT molecular complexity index is 1110. The molecule has 5 heteroatoms. The highest BCUT2D eigenvalue weighted by Crippen LogP contribution is 2.20. The topological polar surface area (TPSA) is 65.2 Å². The Kier molecular flexibility index (Phi) is 6.40. The second-order valence-corrected chi connectivity index (χ2v) is 8.80. The van der Waals surface area contributed by atoms with Crippen LogP contribution in [0, 0.1) is 13.8 Å². The summed E-state index contributed by atoms with van der Waals surface area (Å²) in [5.74, 6) is 0. The first kappa shape index (κ1) is 21.2. The number of carbonyl (C=O) groups is 1. The lowest BCUT2D eigenvalue weighted by atomic mass is 9.96. The molecule has 1 fully saturated rings. The van der Waals surface area contributed by atoms with E-state index >= 15 is 0 Å². The number of benzene rings is 2. The molecule has 1 aliphatic carbocycles. The fourth-order valence-electron chi connectivity index (χ4n) is 4.57. The number of pyridine rings is 1. The van der Waals surface area contributed by atoms with Crippen LogP contribution >= 0.6 is 0 Å². The Hall–Kier alpha value is -3.08. The summed E-state index contributed by atoms with van der Waals surface area (Å²) in [5, 5.41) is 4.21. The molecule has 4 rings (SSSR count). The largest absolute Gasteiger partial charge is 0.335 e. The van der Waals surface area contributed by atoms with Crippen LogP contribution < -0.4 is 10.9 Å². The van der Waals surface area contributed by atoms with E-state index in [2.05, 4.69) is 29.4 Å². The Morgan fingerprint density at radius 1 is 1.03 bits per heavy atom. The molecular formula is C26H31N3O2. The second kappa shape index (κ2) is 9.38. The highest BCUT2D eigenvalue weighted by atomic mass is 16.2. The van der Waals surface area contributed by atoms with Crippen LogP contribution in [0.1, 0.15) is 54.4 Å². The van der Waals surface area contributed by atoms with Crippen LogP contribution in [0.5, 0.6) is 0 Å². The van der Waals surface area contributed by atoms with Crippen molar-refractivity contribution in [1.29, 1.82) is 0 Å². The number of H-pyrrole nitrogens is 1. The molecule has 0 atom stereocenters. The molecule has 3 aromatic rings. The SMILES string of the molecule is Cc1cc(C)c2[nH]c(=O)c(CN(Cc3ccccc3)C(=O)NC3CCCCC3)cc2c1. The number of hydrogen-bond donors (Lipinski definition) is 2. The second-order valence-electron chi connectivity index (χ2n) is 8.80. The van der Waals surface area contributed by atoms with Gasteiger partial charge in [-0.3, -0.25) is 4.79 Å². The standard InChI is InChI=1S/C26H31N3O2/c1-18-13-19(2)24-21(14-18)15-22(25(30)28-24)17-29(16-20-9-5-3-6-10-20)26(31)27-23-11-7-4-8-12-23/h3,5-6,9-10,13-15,23H,4,7-8,11-12,16-17H2,1-2H3,(H,27,31)(H,28,30). The molecule has 1 saturated carbocycles. The van der Waals surface area contributed by atoms with Crippen molar-refractivity contribution in [1.82, 2.24) is 15.2 Å². The van der Waals surface area contributed by atoms with E-state index in [1.807, 2.05) is 43.3 Å². The molecule has 1 aromatic heterocycles. The van der Waals surface area contributed by atoms with Gasteiger partial charge in [0.25, 0.3) is 5.56 Å². The van der Waals surface area contributed by atoms with Crippen molar-refractivity contribution in [3.05, 3.63) is 81.1 Å². The van der Waals surface area contributed by atoms with Crippen LogP contribution in [-0.2, 0) is 13.1 Å². The Morgan fingerprint density at radius 3 is 2.52 bits per heavy atom. The zero-order valence-electron chi connectivity index (χ0n) is 18.4. The van der Waals surface area contributed by atoms with Crippen LogP contribution in [0.25, 0.3) is 10.9 Å². The summed E-state index contributed by atoms with van der Waals surface area (Å²) in [6.07, 6.45) is 5.62. The summed E-state index contributed by atoms with van der Waals surface area (Å²) in [5.41, 5.74) is 4.58. The molecule has 5 nitrogen and oxygen atoms in total. The minimum Gasteiger partial charge on any atom is -0.335 e. The maximum Gasteiger partial charge on any atom is 0.318 e. The molecule has 0 spiro atoms. The molecule has 0 radical (unpaired) electrons. The number of aromatic nitrogens is 1. The third-order valence-corrected chi connectivity index (χ3v) is 6.17. The van der Waals surface area contributed by atoms with E-state index in [0.717, 1.165) is 53.3 Å². The monoisotopic (exact) mass is 417 g/mol. The molecule has 31 heavy (non-hydrogen) atoms. The summed E-state index contributed by atoms with van der Waals surface area (Å²) in [7, 11) is 0. The van der Waals surface area contributed by atoms with Gasteiger partial charge >= 0.3 is 6.03 Å². The summed E-state index contributed by atoms with van der Waals surface area (Å²) >= 11 is 0. The first-order chi connectivity index (χ1) is 15.0. The van der Waals surface area contributed by atoms with Crippen LogP contribution in [0.15, 0.2) is 53.3 Å². The quantitative estimate of drug-likeness (QED) is 0.600. The van der Waals surface area contributed by atoms with Gasteiger partial charge in [-0.25, -0.2) is 4.79 Å². The van der Waals surface area contributed by atoms with Crippen molar-refractivity contribution in [3.63, 3.8) is 0 Å². The first-order valence-corrected chi connectivity index (χ1v) is 11.2. The van der Waals surface area contributed by atoms with Crippen molar-refractivity contribution >= 4 is 16.9 Å². The lowest BCUT2D eigenvalue weighted by Gasteiger charge is -2.28. The smallest absolute Gasteiger partial charge is 0.318 e. The van der Waals surface area contributed by atoms with Crippen LogP contribution in [0.4, 0.5) is 4.79 Å². The molecule has 0 aliphatic heterocycles. The van der Waals surface area contributed by atoms with E-state index in [1.54, 1.807) is 4.90 Å². The van der Waals surface area contributed by atoms with Gasteiger partial charge in [0.1, 0.15) is 0 Å². The van der Waals surface area contributed by atoms with Crippen LogP contribution in [0.2, 0.25) is 0 Å². The number of nitrogens with one attached hydrogen (secondary N) is 2. The summed E-state index contributed by atoms with van der Waals surface area (Å²) in [4.78, 5) is 30.8. The molecule has 1 aliphatic rings. The van der Waals surface area contributed by atoms with Crippen molar-refractivity contribution in [2.45, 2.75) is 65.1 Å². The van der Waals surface area contributed by atoms with Gasteiger partial charge in [-0.15, -0.1) is 0 Å². The van der Waals surface area contributed by atoms with Gasteiger partial charge in [0.15, 0.2) is 0 Å². The van der Waals surface area contributed by atoms with Gasteiger partial charge in [0.05, 0.1) is 12.1 Å². The maximum absolute atomic E-state index is 13.2. The third kappa shape index (κ3) is 5.16. The molecule has 162 valence electrons. The maximum atomic E-state index is 13.2. The normalized spacial score (nSPS) is 14.5. The number of amides is 2. The minimum absolute atomic E-state index is 0.101. The number of aromatic amines is 1. The lowest BCUT2D eigenvalue weighted by Crippen LogP contribution is -2.45. The predicted molar refractivity (Wildman–Crippen MR) is 125 cm³/mol. The highest BCUT2D eigenvalue weighted by molar-refractivity contribution is 5.83. The molecule has 2 aromatic carbocycles. The Balaban J connectivity index is 1.62. The molecule has 0 saturated heterocycles. The number of carbonyl (C=O) groups excluding carboxylic acids is 1. The van der Waals surface area contributed by atoms with Gasteiger partial charge in [0.2, 0.25) is 0 Å². The fourth-order valence-corrected chi connectivity index (χ4v) is 4.57. The highest BCUT2D eigenvalue weighted by Gasteiger charge is 2.21. The molecule has 0 unspecified atom stereocenters. The number of nitrogens with zero attached hydrogens (tertiary/aromatic N) is 1. The van der Waals surface area contributed by atoms with Crippen molar-refractivity contribution in [2.24, 2.45) is 0 Å². The third-order valence-electron chi connectivity index (χ3n) is 6.17. The fraction of sp³-hybridized carbons (Fsp3) is 0.385. The zero-order chi connectivity index (χ0) is 21.8. The van der Waals surface area contributed by atoms with Crippen LogP contribution in [-0.4, -0.2) is 22.0 Å². The number of rotatable bonds is 5. The van der Waals surface area contributed by atoms with Gasteiger partial charge in [-0.1, -0.05) is 61.2 Å². The molecule has 1 heterocycles. The Labute approximate surface area is 183 Å². The van der Waals surface area contributed by atoms with E-state index < -0.39 is 0 Å². The summed E-state index contributed by atoms with van der Waals surface area (Å²) < 4.78 is 0. The molecular weight excluding hydrogens is 386 g/mol. The number of urea groups is 1. The molecule has 0 bridgehead atoms. The zero-order valence-corrected chi connectivity index (χ0v) is 18.4. The number of aryl methyl sites for hydroxylation is 2. The average Bonchev–Trinajstić information content (AvgIpc) is 2.76. The molecule has 2 amide bonds. The van der Waals surface area contributed by atoms with E-state index in [-0.39, 0.29) is 24.2 Å². The van der Waals surface area contributed by atoms with Gasteiger partial charge < -0.3 is 15.2 Å². The van der Waals surface area contributed by atoms with Gasteiger partial charge in [0, 0.05) is 18.2 Å². The van der Waals surface area contributed by atoms with Crippen molar-refractivity contribution in [3.8, 4) is 0 Å². The summed E-state index contributed by atoms with van der Waals surface area (Å²) in [6, 6.07) is 16.1. The average molecular weight is 418 g/mol. The van der Waals surface area contributed by atoms with Gasteiger partial charge in [-0.05, 0) is 55.3 Å². The lowest BCUT2D eigenvalue weighted by molar-refractivity contribution is 0.184. The van der Waals surface area contributed by atoms with Crippen molar-refractivity contribution < 1.29 is 4.79 Å². The predicted octanol–water partition coefficient (Wildman–Crippen LogP) is 5.19. The van der Waals surface area contributed by atoms with E-state index in [9.17, 15) is 9.59 Å². The van der Waals surface area contributed by atoms with E-state index in [4.69, 9.17) is 0 Å². The van der Waals surface area contributed by atoms with E-state index in [0.29, 0.717) is 12.1 Å².